The van der Waals surface area contributed by atoms with Gasteiger partial charge in [0.25, 0.3) is 5.91 Å². The van der Waals surface area contributed by atoms with E-state index in [4.69, 9.17) is 9.47 Å². The van der Waals surface area contributed by atoms with Crippen LogP contribution in [0.5, 0.6) is 11.5 Å². The number of amides is 2. The van der Waals surface area contributed by atoms with E-state index in [1.165, 1.54) is 5.56 Å². The molecule has 6 nitrogen and oxygen atoms in total. The SMILES string of the molecule is BC(C)(C)Oc1cccc(CC(=O)NCCC(=C)NC(=O)COc2ccc(C)c(C)c2)c1. The molecule has 170 valence electrons. The van der Waals surface area contributed by atoms with E-state index < -0.39 is 0 Å². The molecule has 32 heavy (non-hydrogen) atoms. The molecule has 2 aromatic carbocycles. The summed E-state index contributed by atoms with van der Waals surface area (Å²) in [4.78, 5) is 24.3. The molecular weight excluding hydrogens is 403 g/mol. The lowest BCUT2D eigenvalue weighted by atomic mass is 9.86. The standard InChI is InChI=1S/C25H33BN2O4/c1-17-9-10-21(13-18(17)2)31-16-24(30)28-19(3)11-12-27-23(29)15-20-7-6-8-22(14-20)32-25(4,5)26/h6-10,13-14H,3,11-12,15-16,26H2,1-2,4-5H3,(H,27,29)(H,28,30). The molecule has 0 aliphatic carbocycles. The first-order valence-corrected chi connectivity index (χ1v) is 10.7. The van der Waals surface area contributed by atoms with Gasteiger partial charge >= 0.3 is 0 Å². The number of carbonyl (C=O) groups is 2. The summed E-state index contributed by atoms with van der Waals surface area (Å²) in [5, 5.41) is 5.55. The van der Waals surface area contributed by atoms with Gasteiger partial charge in [-0.1, -0.05) is 24.8 Å². The molecule has 2 aromatic rings. The van der Waals surface area contributed by atoms with Crippen molar-refractivity contribution in [1.29, 1.82) is 0 Å². The van der Waals surface area contributed by atoms with Crippen LogP contribution in [0.3, 0.4) is 0 Å². The average Bonchev–Trinajstić information content (AvgIpc) is 2.68. The highest BCUT2D eigenvalue weighted by Gasteiger charge is 2.13. The van der Waals surface area contributed by atoms with E-state index in [9.17, 15) is 9.59 Å². The van der Waals surface area contributed by atoms with Crippen LogP contribution in [-0.2, 0) is 16.0 Å². The van der Waals surface area contributed by atoms with Crippen LogP contribution in [0.2, 0.25) is 0 Å². The molecule has 7 heteroatoms. The first kappa shape index (κ1) is 25.0. The summed E-state index contributed by atoms with van der Waals surface area (Å²) >= 11 is 0. The molecule has 0 heterocycles. The molecule has 2 N–H and O–H groups in total. The van der Waals surface area contributed by atoms with Gasteiger partial charge in [0.15, 0.2) is 14.5 Å². The van der Waals surface area contributed by atoms with Crippen LogP contribution in [0, 0.1) is 13.8 Å². The Morgan fingerprint density at radius 3 is 2.47 bits per heavy atom. The molecule has 0 radical (unpaired) electrons. The first-order valence-electron chi connectivity index (χ1n) is 10.7. The molecule has 0 saturated heterocycles. The number of aryl methyl sites for hydroxylation is 2. The minimum absolute atomic E-state index is 0.0964. The Kier molecular flexibility index (Phi) is 8.94. The molecule has 0 unspecified atom stereocenters. The number of ether oxygens (including phenoxy) is 2. The maximum absolute atomic E-state index is 12.2. The van der Waals surface area contributed by atoms with Gasteiger partial charge in [0, 0.05) is 18.7 Å². The van der Waals surface area contributed by atoms with Crippen molar-refractivity contribution in [2.75, 3.05) is 13.2 Å². The van der Waals surface area contributed by atoms with Gasteiger partial charge in [0.05, 0.1) is 11.9 Å². The number of nitrogens with one attached hydrogen (secondary N) is 2. The number of hydrogen-bond donors (Lipinski definition) is 2. The fraction of sp³-hybridized carbons (Fsp3) is 0.360. The third kappa shape index (κ3) is 9.29. The van der Waals surface area contributed by atoms with E-state index in [1.807, 2.05) is 78.0 Å². The van der Waals surface area contributed by atoms with Crippen LogP contribution in [-0.4, -0.2) is 38.3 Å². The first-order chi connectivity index (χ1) is 15.0. The Morgan fingerprint density at radius 1 is 1.03 bits per heavy atom. The smallest absolute Gasteiger partial charge is 0.262 e. The minimum atomic E-state index is -0.296. The van der Waals surface area contributed by atoms with Gasteiger partial charge in [0.1, 0.15) is 11.5 Å². The van der Waals surface area contributed by atoms with Crippen molar-refractivity contribution in [3.8, 4) is 11.5 Å². The van der Waals surface area contributed by atoms with Gasteiger partial charge in [-0.3, -0.25) is 9.59 Å². The molecule has 0 spiro atoms. The lowest BCUT2D eigenvalue weighted by Crippen LogP contribution is -2.31. The second-order valence-corrected chi connectivity index (χ2v) is 8.83. The molecule has 0 aromatic heterocycles. The monoisotopic (exact) mass is 436 g/mol. The fourth-order valence-corrected chi connectivity index (χ4v) is 2.92. The quantitative estimate of drug-likeness (QED) is 0.532. The minimum Gasteiger partial charge on any atom is -0.497 e. The molecule has 0 aliphatic heterocycles. The van der Waals surface area contributed by atoms with Crippen molar-refractivity contribution in [2.24, 2.45) is 0 Å². The van der Waals surface area contributed by atoms with Gasteiger partial charge in [-0.15, -0.1) is 0 Å². The van der Waals surface area contributed by atoms with E-state index in [0.717, 1.165) is 16.9 Å². The Labute approximate surface area is 191 Å². The number of rotatable bonds is 11. The third-order valence-electron chi connectivity index (χ3n) is 4.60. The Bertz CT molecular complexity index is 967. The van der Waals surface area contributed by atoms with Gasteiger partial charge in [-0.25, -0.2) is 0 Å². The zero-order valence-corrected chi connectivity index (χ0v) is 19.7. The summed E-state index contributed by atoms with van der Waals surface area (Å²) in [5.74, 6) is 1.00. The van der Waals surface area contributed by atoms with E-state index in [0.29, 0.717) is 24.4 Å². The third-order valence-corrected chi connectivity index (χ3v) is 4.60. The fourth-order valence-electron chi connectivity index (χ4n) is 2.92. The highest BCUT2D eigenvalue weighted by Crippen LogP contribution is 2.18. The second-order valence-electron chi connectivity index (χ2n) is 8.83. The lowest BCUT2D eigenvalue weighted by molar-refractivity contribution is -0.122. The highest BCUT2D eigenvalue weighted by molar-refractivity contribution is 6.14. The Hall–Kier alpha value is -3.22. The van der Waals surface area contributed by atoms with Crippen LogP contribution in [0.1, 0.15) is 37.0 Å². The number of hydrogen-bond acceptors (Lipinski definition) is 4. The van der Waals surface area contributed by atoms with Gasteiger partial charge in [0.2, 0.25) is 5.91 Å². The van der Waals surface area contributed by atoms with Crippen molar-refractivity contribution in [1.82, 2.24) is 10.6 Å². The number of benzene rings is 2. The Morgan fingerprint density at radius 2 is 1.78 bits per heavy atom. The number of carbonyl (C=O) groups excluding carboxylic acids is 2. The van der Waals surface area contributed by atoms with Gasteiger partial charge in [-0.05, 0) is 68.7 Å². The zero-order chi connectivity index (χ0) is 23.7. The zero-order valence-electron chi connectivity index (χ0n) is 19.7. The van der Waals surface area contributed by atoms with Crippen molar-refractivity contribution in [3.05, 3.63) is 71.4 Å². The van der Waals surface area contributed by atoms with Crippen LogP contribution in [0.25, 0.3) is 0 Å². The normalized spacial score (nSPS) is 10.9. The van der Waals surface area contributed by atoms with E-state index in [-0.39, 0.29) is 30.3 Å². The van der Waals surface area contributed by atoms with Crippen molar-refractivity contribution >= 4 is 19.7 Å². The van der Waals surface area contributed by atoms with E-state index >= 15 is 0 Å². The molecule has 2 amide bonds. The molecule has 0 aliphatic rings. The van der Waals surface area contributed by atoms with E-state index in [1.54, 1.807) is 0 Å². The van der Waals surface area contributed by atoms with Crippen molar-refractivity contribution in [3.63, 3.8) is 0 Å². The Balaban J connectivity index is 1.68. The molecule has 0 saturated carbocycles. The maximum atomic E-state index is 12.2. The predicted molar refractivity (Wildman–Crippen MR) is 130 cm³/mol. The van der Waals surface area contributed by atoms with Crippen molar-refractivity contribution in [2.45, 2.75) is 46.0 Å². The maximum Gasteiger partial charge on any atom is 0.262 e. The summed E-state index contributed by atoms with van der Waals surface area (Å²) < 4.78 is 11.4. The van der Waals surface area contributed by atoms with Gasteiger partial charge < -0.3 is 20.1 Å². The molecule has 0 fully saturated rings. The lowest BCUT2D eigenvalue weighted by Gasteiger charge is -2.21. The second kappa shape index (κ2) is 11.4. The van der Waals surface area contributed by atoms with E-state index in [2.05, 4.69) is 17.2 Å². The van der Waals surface area contributed by atoms with Gasteiger partial charge in [-0.2, -0.15) is 0 Å². The van der Waals surface area contributed by atoms with Crippen LogP contribution in [0.15, 0.2) is 54.7 Å². The molecule has 0 atom stereocenters. The van der Waals surface area contributed by atoms with Crippen LogP contribution in [0.4, 0.5) is 0 Å². The summed E-state index contributed by atoms with van der Waals surface area (Å²) in [5.41, 5.74) is 3.38. The summed E-state index contributed by atoms with van der Waals surface area (Å²) in [6.45, 7) is 12.1. The summed E-state index contributed by atoms with van der Waals surface area (Å²) in [6.07, 6.45) is 0.693. The molecule has 2 rings (SSSR count). The summed E-state index contributed by atoms with van der Waals surface area (Å²) in [7, 11) is 1.98. The van der Waals surface area contributed by atoms with Crippen LogP contribution >= 0.6 is 0 Å². The van der Waals surface area contributed by atoms with Crippen LogP contribution < -0.4 is 20.1 Å². The predicted octanol–water partition coefficient (Wildman–Crippen LogP) is 2.81. The average molecular weight is 436 g/mol. The molecule has 0 bridgehead atoms. The summed E-state index contributed by atoms with van der Waals surface area (Å²) in [6, 6.07) is 13.2. The highest BCUT2D eigenvalue weighted by atomic mass is 16.5. The topological polar surface area (TPSA) is 76.7 Å². The molecular formula is C25H33BN2O4. The van der Waals surface area contributed by atoms with Crippen molar-refractivity contribution < 1.29 is 19.1 Å². The largest absolute Gasteiger partial charge is 0.497 e.